The van der Waals surface area contributed by atoms with Crippen molar-refractivity contribution in [2.75, 3.05) is 6.61 Å². The smallest absolute Gasteiger partial charge is 0.269 e. The number of hydrogen-bond acceptors (Lipinski definition) is 5. The number of hydrogen-bond donors (Lipinski definition) is 0. The van der Waals surface area contributed by atoms with E-state index in [-0.39, 0.29) is 11.2 Å². The first-order valence-electron chi connectivity index (χ1n) is 7.46. The first-order valence-corrected chi connectivity index (χ1v) is 7.46. The van der Waals surface area contributed by atoms with Crippen LogP contribution in [-0.4, -0.2) is 21.1 Å². The summed E-state index contributed by atoms with van der Waals surface area (Å²) in [5.74, 6) is 0.560. The van der Waals surface area contributed by atoms with E-state index in [1.54, 1.807) is 28.8 Å². The van der Waals surface area contributed by atoms with E-state index in [9.17, 15) is 14.9 Å². The standard InChI is InChI=1S/C17H15N3O4/c21-17-15-4-1-2-5-16(15)18-12-19(17)10-3-11-24-14-8-6-13(7-9-14)20(22)23/h1-2,4-9,12H,3,10-11H2. The number of benzene rings is 2. The van der Waals surface area contributed by atoms with Crippen LogP contribution < -0.4 is 10.3 Å². The van der Waals surface area contributed by atoms with E-state index < -0.39 is 4.92 Å². The number of nitrogens with zero attached hydrogens (tertiary/aromatic N) is 3. The first-order chi connectivity index (χ1) is 11.6. The van der Waals surface area contributed by atoms with Gasteiger partial charge in [0.15, 0.2) is 0 Å². The number of ether oxygens (including phenoxy) is 1. The van der Waals surface area contributed by atoms with Gasteiger partial charge in [0.05, 0.1) is 28.8 Å². The molecule has 0 radical (unpaired) electrons. The van der Waals surface area contributed by atoms with Crippen molar-refractivity contribution in [3.8, 4) is 5.75 Å². The van der Waals surface area contributed by atoms with Crippen molar-refractivity contribution in [3.05, 3.63) is 75.3 Å². The zero-order valence-electron chi connectivity index (χ0n) is 12.8. The Hall–Kier alpha value is -3.22. The summed E-state index contributed by atoms with van der Waals surface area (Å²) in [6, 6.07) is 13.1. The van der Waals surface area contributed by atoms with Gasteiger partial charge >= 0.3 is 0 Å². The summed E-state index contributed by atoms with van der Waals surface area (Å²) < 4.78 is 7.09. The van der Waals surface area contributed by atoms with Gasteiger partial charge in [-0.05, 0) is 30.7 Å². The first kappa shape index (κ1) is 15.7. The maximum absolute atomic E-state index is 12.3. The number of nitro groups is 1. The molecule has 3 aromatic rings. The molecule has 1 aromatic heterocycles. The third-order valence-electron chi connectivity index (χ3n) is 3.59. The molecule has 0 saturated carbocycles. The molecule has 0 spiro atoms. The zero-order valence-corrected chi connectivity index (χ0v) is 12.8. The predicted octanol–water partition coefficient (Wildman–Crippen LogP) is 2.77. The largest absolute Gasteiger partial charge is 0.494 e. The van der Waals surface area contributed by atoms with Gasteiger partial charge in [-0.15, -0.1) is 0 Å². The number of fused-ring (bicyclic) bond motifs is 1. The highest BCUT2D eigenvalue weighted by atomic mass is 16.6. The fourth-order valence-electron chi connectivity index (χ4n) is 2.35. The SMILES string of the molecule is O=c1c2ccccc2ncn1CCCOc1ccc([N+](=O)[O-])cc1. The van der Waals surface area contributed by atoms with Crippen molar-refractivity contribution < 1.29 is 9.66 Å². The van der Waals surface area contributed by atoms with E-state index in [2.05, 4.69) is 4.98 Å². The average molecular weight is 325 g/mol. The molecule has 0 unspecified atom stereocenters. The van der Waals surface area contributed by atoms with E-state index in [1.807, 2.05) is 12.1 Å². The van der Waals surface area contributed by atoms with Crippen LogP contribution in [0.3, 0.4) is 0 Å². The van der Waals surface area contributed by atoms with Gasteiger partial charge < -0.3 is 4.74 Å². The molecule has 1 heterocycles. The second-order valence-electron chi connectivity index (χ2n) is 5.21. The van der Waals surface area contributed by atoms with Gasteiger partial charge in [-0.3, -0.25) is 19.5 Å². The van der Waals surface area contributed by atoms with Gasteiger partial charge in [0.1, 0.15) is 5.75 Å². The van der Waals surface area contributed by atoms with Crippen LogP contribution in [0.15, 0.2) is 59.7 Å². The number of aryl methyl sites for hydroxylation is 1. The van der Waals surface area contributed by atoms with Crippen molar-refractivity contribution in [3.63, 3.8) is 0 Å². The summed E-state index contributed by atoms with van der Waals surface area (Å²) in [6.45, 7) is 0.890. The second kappa shape index (κ2) is 6.91. The molecule has 122 valence electrons. The molecule has 0 aliphatic heterocycles. The lowest BCUT2D eigenvalue weighted by atomic mass is 10.2. The van der Waals surface area contributed by atoms with Crippen LogP contribution in [0.4, 0.5) is 5.69 Å². The molecule has 0 saturated heterocycles. The van der Waals surface area contributed by atoms with Gasteiger partial charge in [0, 0.05) is 18.7 Å². The van der Waals surface area contributed by atoms with E-state index in [0.29, 0.717) is 36.2 Å². The summed E-state index contributed by atoms with van der Waals surface area (Å²) in [5.41, 5.74) is 0.632. The van der Waals surface area contributed by atoms with E-state index in [0.717, 1.165) is 0 Å². The van der Waals surface area contributed by atoms with Crippen LogP contribution in [0.1, 0.15) is 6.42 Å². The van der Waals surface area contributed by atoms with Crippen molar-refractivity contribution in [2.45, 2.75) is 13.0 Å². The monoisotopic (exact) mass is 325 g/mol. The minimum absolute atomic E-state index is 0.0242. The molecule has 3 rings (SSSR count). The maximum Gasteiger partial charge on any atom is 0.269 e. The topological polar surface area (TPSA) is 87.3 Å². The van der Waals surface area contributed by atoms with Crippen LogP contribution in [0.25, 0.3) is 10.9 Å². The molecule has 0 aliphatic carbocycles. The molecule has 0 fully saturated rings. The molecule has 7 nitrogen and oxygen atoms in total. The third kappa shape index (κ3) is 3.40. The summed E-state index contributed by atoms with van der Waals surface area (Å²) in [7, 11) is 0. The van der Waals surface area contributed by atoms with Gasteiger partial charge in [-0.25, -0.2) is 4.98 Å². The number of nitro benzene ring substituents is 1. The van der Waals surface area contributed by atoms with Crippen LogP contribution in [0.2, 0.25) is 0 Å². The molecule has 0 bridgehead atoms. The summed E-state index contributed by atoms with van der Waals surface area (Å²) in [6.07, 6.45) is 2.16. The average Bonchev–Trinajstić information content (AvgIpc) is 2.61. The van der Waals surface area contributed by atoms with Crippen molar-refractivity contribution in [1.82, 2.24) is 9.55 Å². The molecule has 0 atom stereocenters. The molecular formula is C17H15N3O4. The molecule has 7 heteroatoms. The second-order valence-corrected chi connectivity index (χ2v) is 5.21. The summed E-state index contributed by atoms with van der Waals surface area (Å²) in [4.78, 5) is 26.7. The Labute approximate surface area is 137 Å². The lowest BCUT2D eigenvalue weighted by Gasteiger charge is -2.08. The van der Waals surface area contributed by atoms with Gasteiger partial charge in [-0.2, -0.15) is 0 Å². The molecular weight excluding hydrogens is 310 g/mol. The molecule has 24 heavy (non-hydrogen) atoms. The van der Waals surface area contributed by atoms with Gasteiger partial charge in [0.2, 0.25) is 0 Å². The fraction of sp³-hybridized carbons (Fsp3) is 0.176. The molecule has 2 aromatic carbocycles. The van der Waals surface area contributed by atoms with E-state index >= 15 is 0 Å². The van der Waals surface area contributed by atoms with Crippen LogP contribution >= 0.6 is 0 Å². The van der Waals surface area contributed by atoms with E-state index in [4.69, 9.17) is 4.74 Å². The highest BCUT2D eigenvalue weighted by molar-refractivity contribution is 5.76. The molecule has 0 aliphatic rings. The van der Waals surface area contributed by atoms with Crippen molar-refractivity contribution in [2.24, 2.45) is 0 Å². The van der Waals surface area contributed by atoms with Crippen LogP contribution in [0.5, 0.6) is 5.75 Å². The highest BCUT2D eigenvalue weighted by Crippen LogP contribution is 2.17. The number of para-hydroxylation sites is 1. The Bertz CT molecular complexity index is 919. The highest BCUT2D eigenvalue weighted by Gasteiger charge is 2.05. The molecule has 0 N–H and O–H groups in total. The third-order valence-corrected chi connectivity index (χ3v) is 3.59. The number of non-ortho nitro benzene ring substituents is 1. The minimum atomic E-state index is -0.455. The lowest BCUT2D eigenvalue weighted by Crippen LogP contribution is -2.21. The number of rotatable bonds is 6. The normalized spacial score (nSPS) is 10.7. The van der Waals surface area contributed by atoms with Crippen molar-refractivity contribution >= 4 is 16.6 Å². The summed E-state index contributed by atoms with van der Waals surface area (Å²) >= 11 is 0. The Balaban J connectivity index is 1.58. The van der Waals surface area contributed by atoms with Crippen LogP contribution in [-0.2, 0) is 6.54 Å². The number of aromatic nitrogens is 2. The zero-order chi connectivity index (χ0) is 16.9. The molecule has 0 amide bonds. The Morgan fingerprint density at radius 2 is 1.88 bits per heavy atom. The quantitative estimate of drug-likeness (QED) is 0.395. The fourth-order valence-corrected chi connectivity index (χ4v) is 2.35. The lowest BCUT2D eigenvalue weighted by molar-refractivity contribution is -0.384. The van der Waals surface area contributed by atoms with Gasteiger partial charge in [0.25, 0.3) is 11.2 Å². The Morgan fingerprint density at radius 3 is 2.62 bits per heavy atom. The Kier molecular flexibility index (Phi) is 4.51. The van der Waals surface area contributed by atoms with Crippen molar-refractivity contribution in [1.29, 1.82) is 0 Å². The summed E-state index contributed by atoms with van der Waals surface area (Å²) in [5, 5.41) is 11.2. The van der Waals surface area contributed by atoms with Crippen LogP contribution in [0, 0.1) is 10.1 Å². The minimum Gasteiger partial charge on any atom is -0.494 e. The Morgan fingerprint density at radius 1 is 1.12 bits per heavy atom. The predicted molar refractivity (Wildman–Crippen MR) is 89.2 cm³/mol. The maximum atomic E-state index is 12.3. The van der Waals surface area contributed by atoms with E-state index in [1.165, 1.54) is 18.5 Å². The van der Waals surface area contributed by atoms with Gasteiger partial charge in [-0.1, -0.05) is 12.1 Å².